The summed E-state index contributed by atoms with van der Waals surface area (Å²) in [5, 5.41) is 0. The molecule has 0 bridgehead atoms. The maximum atomic E-state index is 12.1. The van der Waals surface area contributed by atoms with E-state index in [1.54, 1.807) is 27.7 Å². The van der Waals surface area contributed by atoms with Crippen molar-refractivity contribution >= 4 is 5.78 Å². The van der Waals surface area contributed by atoms with Gasteiger partial charge in [-0.15, -0.1) is 0 Å². The molecule has 1 fully saturated rings. The van der Waals surface area contributed by atoms with Gasteiger partial charge in [-0.1, -0.05) is 0 Å². The van der Waals surface area contributed by atoms with Gasteiger partial charge in [0.15, 0.2) is 0 Å². The Morgan fingerprint density at radius 1 is 1.31 bits per heavy atom. The second-order valence-corrected chi connectivity index (χ2v) is 5.48. The number of ketones is 1. The lowest BCUT2D eigenvalue weighted by atomic mass is 9.83. The first-order valence-electron chi connectivity index (χ1n) is 5.23. The SMILES string of the molecule is CC1(C)CC(C(=O)CC(F)(F)F)C(C)(C)O1. The van der Waals surface area contributed by atoms with Crippen LogP contribution < -0.4 is 0 Å². The molecule has 2 nitrogen and oxygen atoms in total. The van der Waals surface area contributed by atoms with Gasteiger partial charge in [-0.2, -0.15) is 13.2 Å². The van der Waals surface area contributed by atoms with E-state index in [1.807, 2.05) is 0 Å². The van der Waals surface area contributed by atoms with E-state index >= 15 is 0 Å². The Kier molecular flexibility index (Phi) is 3.14. The van der Waals surface area contributed by atoms with E-state index < -0.39 is 35.5 Å². The van der Waals surface area contributed by atoms with E-state index in [1.165, 1.54) is 0 Å². The number of alkyl halides is 3. The highest BCUT2D eigenvalue weighted by Gasteiger charge is 2.50. The van der Waals surface area contributed by atoms with Crippen LogP contribution in [-0.2, 0) is 9.53 Å². The summed E-state index contributed by atoms with van der Waals surface area (Å²) in [7, 11) is 0. The van der Waals surface area contributed by atoms with Crippen molar-refractivity contribution in [3.05, 3.63) is 0 Å². The van der Waals surface area contributed by atoms with Gasteiger partial charge >= 0.3 is 6.18 Å². The van der Waals surface area contributed by atoms with Crippen LogP contribution >= 0.6 is 0 Å². The van der Waals surface area contributed by atoms with Gasteiger partial charge < -0.3 is 4.74 Å². The van der Waals surface area contributed by atoms with E-state index in [0.717, 1.165) is 0 Å². The van der Waals surface area contributed by atoms with Crippen LogP contribution in [0, 0.1) is 5.92 Å². The first-order valence-corrected chi connectivity index (χ1v) is 5.23. The molecule has 0 amide bonds. The summed E-state index contributed by atoms with van der Waals surface area (Å²) in [4.78, 5) is 11.6. The highest BCUT2D eigenvalue weighted by atomic mass is 19.4. The van der Waals surface area contributed by atoms with Crippen LogP contribution in [0.1, 0.15) is 40.5 Å². The average Bonchev–Trinajstić information content (AvgIpc) is 2.14. The number of halogens is 3. The van der Waals surface area contributed by atoms with Crippen molar-refractivity contribution in [1.29, 1.82) is 0 Å². The summed E-state index contributed by atoms with van der Waals surface area (Å²) < 4.78 is 42.0. The van der Waals surface area contributed by atoms with Crippen LogP contribution in [0.5, 0.6) is 0 Å². The van der Waals surface area contributed by atoms with Crippen molar-refractivity contribution in [2.24, 2.45) is 5.92 Å². The Balaban J connectivity index is 2.78. The first-order chi connectivity index (χ1) is 6.93. The number of hydrogen-bond acceptors (Lipinski definition) is 2. The lowest BCUT2D eigenvalue weighted by Crippen LogP contribution is -2.35. The molecular formula is C11H17F3O2. The summed E-state index contributed by atoms with van der Waals surface area (Å²) in [5.74, 6) is -1.45. The third-order valence-electron chi connectivity index (χ3n) is 2.84. The van der Waals surface area contributed by atoms with Gasteiger partial charge in [0, 0.05) is 5.92 Å². The fraction of sp³-hybridized carbons (Fsp3) is 0.909. The third-order valence-corrected chi connectivity index (χ3v) is 2.84. The molecule has 94 valence electrons. The monoisotopic (exact) mass is 238 g/mol. The van der Waals surface area contributed by atoms with Crippen molar-refractivity contribution in [2.45, 2.75) is 57.9 Å². The zero-order valence-electron chi connectivity index (χ0n) is 9.94. The van der Waals surface area contributed by atoms with Crippen LogP contribution in [0.25, 0.3) is 0 Å². The molecule has 1 unspecified atom stereocenters. The normalized spacial score (nSPS) is 28.1. The van der Waals surface area contributed by atoms with E-state index in [-0.39, 0.29) is 0 Å². The van der Waals surface area contributed by atoms with Gasteiger partial charge in [-0.3, -0.25) is 4.79 Å². The molecule has 0 saturated carbocycles. The number of rotatable bonds is 2. The molecule has 0 aromatic heterocycles. The van der Waals surface area contributed by atoms with Crippen molar-refractivity contribution in [3.8, 4) is 0 Å². The summed E-state index contributed by atoms with van der Waals surface area (Å²) in [6, 6.07) is 0. The van der Waals surface area contributed by atoms with Crippen LogP contribution in [0.4, 0.5) is 13.2 Å². The first kappa shape index (κ1) is 13.5. The maximum Gasteiger partial charge on any atom is 0.395 e. The summed E-state index contributed by atoms with van der Waals surface area (Å²) in [6.45, 7) is 6.91. The molecular weight excluding hydrogens is 221 g/mol. The molecule has 0 N–H and O–H groups in total. The van der Waals surface area contributed by atoms with E-state index in [9.17, 15) is 18.0 Å². The number of carbonyl (C=O) groups is 1. The van der Waals surface area contributed by atoms with E-state index in [0.29, 0.717) is 6.42 Å². The summed E-state index contributed by atoms with van der Waals surface area (Å²) >= 11 is 0. The maximum absolute atomic E-state index is 12.1. The van der Waals surface area contributed by atoms with Gasteiger partial charge in [-0.25, -0.2) is 0 Å². The van der Waals surface area contributed by atoms with Crippen LogP contribution in [0.15, 0.2) is 0 Å². The Bertz CT molecular complexity index is 292. The van der Waals surface area contributed by atoms with Crippen molar-refractivity contribution in [2.75, 3.05) is 0 Å². The standard InChI is InChI=1S/C11H17F3O2/c1-9(2)5-7(10(3,4)16-9)8(15)6-11(12,13)14/h7H,5-6H2,1-4H3. The van der Waals surface area contributed by atoms with Crippen LogP contribution in [0.2, 0.25) is 0 Å². The Hall–Kier alpha value is -0.580. The minimum absolute atomic E-state index is 0.342. The minimum Gasteiger partial charge on any atom is -0.369 e. The van der Waals surface area contributed by atoms with Gasteiger partial charge in [0.05, 0.1) is 11.2 Å². The molecule has 0 spiro atoms. The number of carbonyl (C=O) groups excluding carboxylic acids is 1. The van der Waals surface area contributed by atoms with Crippen molar-refractivity contribution < 1.29 is 22.7 Å². The van der Waals surface area contributed by atoms with Gasteiger partial charge in [0.1, 0.15) is 12.2 Å². The van der Waals surface area contributed by atoms with Crippen LogP contribution in [-0.4, -0.2) is 23.2 Å². The topological polar surface area (TPSA) is 26.3 Å². The fourth-order valence-corrected chi connectivity index (χ4v) is 2.38. The zero-order chi connectivity index (χ0) is 12.8. The molecule has 1 heterocycles. The Morgan fingerprint density at radius 2 is 1.81 bits per heavy atom. The smallest absolute Gasteiger partial charge is 0.369 e. The Labute approximate surface area is 93.2 Å². The van der Waals surface area contributed by atoms with Gasteiger partial charge in [0.25, 0.3) is 0 Å². The van der Waals surface area contributed by atoms with Gasteiger partial charge in [0.2, 0.25) is 0 Å². The molecule has 0 aliphatic carbocycles. The fourth-order valence-electron chi connectivity index (χ4n) is 2.38. The number of Topliss-reactive ketones (excluding diaryl/α,β-unsaturated/α-hetero) is 1. The summed E-state index contributed by atoms with van der Waals surface area (Å²) in [5.41, 5.74) is -1.35. The lowest BCUT2D eigenvalue weighted by Gasteiger charge is -2.26. The highest BCUT2D eigenvalue weighted by molar-refractivity contribution is 5.83. The zero-order valence-corrected chi connectivity index (χ0v) is 9.94. The molecule has 1 rings (SSSR count). The largest absolute Gasteiger partial charge is 0.395 e. The average molecular weight is 238 g/mol. The van der Waals surface area contributed by atoms with Crippen LogP contribution in [0.3, 0.4) is 0 Å². The molecule has 1 atom stereocenters. The molecule has 1 aliphatic heterocycles. The van der Waals surface area contributed by atoms with Crippen molar-refractivity contribution in [3.63, 3.8) is 0 Å². The molecule has 0 aromatic rings. The molecule has 5 heteroatoms. The second-order valence-electron chi connectivity index (χ2n) is 5.48. The molecule has 0 radical (unpaired) electrons. The van der Waals surface area contributed by atoms with E-state index in [4.69, 9.17) is 4.74 Å². The minimum atomic E-state index is -4.43. The molecule has 0 aromatic carbocycles. The number of hydrogen-bond donors (Lipinski definition) is 0. The van der Waals surface area contributed by atoms with Gasteiger partial charge in [-0.05, 0) is 34.1 Å². The second kappa shape index (κ2) is 3.72. The lowest BCUT2D eigenvalue weighted by molar-refractivity contribution is -0.158. The summed E-state index contributed by atoms with van der Waals surface area (Å²) in [6.07, 6.45) is -5.45. The van der Waals surface area contributed by atoms with E-state index in [2.05, 4.69) is 0 Å². The number of ether oxygens (including phenoxy) is 1. The highest BCUT2D eigenvalue weighted by Crippen LogP contribution is 2.43. The predicted octanol–water partition coefficient (Wildman–Crippen LogP) is 3.10. The molecule has 1 saturated heterocycles. The predicted molar refractivity (Wildman–Crippen MR) is 53.0 cm³/mol. The molecule has 16 heavy (non-hydrogen) atoms. The quantitative estimate of drug-likeness (QED) is 0.739. The molecule has 1 aliphatic rings. The third kappa shape index (κ3) is 3.20. The van der Waals surface area contributed by atoms with Crippen molar-refractivity contribution in [1.82, 2.24) is 0 Å². The Morgan fingerprint density at radius 3 is 2.12 bits per heavy atom.